The average Bonchev–Trinajstić information content (AvgIpc) is 2.48. The molecule has 0 radical (unpaired) electrons. The number of carbonyl (C=O) groups is 1. The Kier molecular flexibility index (Phi) is 2.90. The van der Waals surface area contributed by atoms with Gasteiger partial charge in [0.15, 0.2) is 17.3 Å². The molecule has 0 amide bonds. The van der Waals surface area contributed by atoms with E-state index in [4.69, 9.17) is 11.5 Å². The van der Waals surface area contributed by atoms with E-state index in [1.54, 1.807) is 0 Å². The maximum absolute atomic E-state index is 12.4. The number of Topliss-reactive ketones (excluding diaryl/α,β-unsaturated/α-hetero) is 1. The van der Waals surface area contributed by atoms with Gasteiger partial charge in [0.05, 0.1) is 6.04 Å². The van der Waals surface area contributed by atoms with Crippen LogP contribution in [0.1, 0.15) is 30.4 Å². The van der Waals surface area contributed by atoms with E-state index in [1.165, 1.54) is 6.07 Å². The number of aromatic hydroxyl groups is 2. The molecule has 1 aliphatic heterocycles. The minimum Gasteiger partial charge on any atom is -0.504 e. The number of piperidine rings is 1. The molecule has 4 atom stereocenters. The Morgan fingerprint density at radius 1 is 1.35 bits per heavy atom. The zero-order chi connectivity index (χ0) is 16.6. The molecule has 1 aromatic carbocycles. The molecule has 1 aromatic rings. The SMILES string of the molecule is CN1CCC23CC(=O)C(N)CC2(N)C1Cc1ccc(O)c(O)c13. The summed E-state index contributed by atoms with van der Waals surface area (Å²) in [6.07, 6.45) is 2.02. The fourth-order valence-electron chi connectivity index (χ4n) is 5.28. The Morgan fingerprint density at radius 3 is 2.83 bits per heavy atom. The number of hydrogen-bond acceptors (Lipinski definition) is 6. The number of phenolic OH excluding ortho intramolecular Hbond substituents is 2. The smallest absolute Gasteiger partial charge is 0.161 e. The molecule has 2 bridgehead atoms. The van der Waals surface area contributed by atoms with Crippen molar-refractivity contribution >= 4 is 5.78 Å². The van der Waals surface area contributed by atoms with Crippen LogP contribution < -0.4 is 11.5 Å². The van der Waals surface area contributed by atoms with Gasteiger partial charge in [0, 0.05) is 29.0 Å². The number of ketones is 1. The van der Waals surface area contributed by atoms with E-state index in [0.717, 1.165) is 12.1 Å². The molecule has 4 unspecified atom stereocenters. The summed E-state index contributed by atoms with van der Waals surface area (Å²) in [7, 11) is 2.05. The Hall–Kier alpha value is -1.63. The molecule has 23 heavy (non-hydrogen) atoms. The van der Waals surface area contributed by atoms with Crippen molar-refractivity contribution in [3.8, 4) is 11.5 Å². The van der Waals surface area contributed by atoms with E-state index in [0.29, 0.717) is 24.8 Å². The first-order valence-electron chi connectivity index (χ1n) is 8.12. The Bertz CT molecular complexity index is 707. The number of benzene rings is 1. The van der Waals surface area contributed by atoms with Crippen LogP contribution in [0.3, 0.4) is 0 Å². The number of rotatable bonds is 0. The topological polar surface area (TPSA) is 113 Å². The van der Waals surface area contributed by atoms with Crippen LogP contribution in [-0.2, 0) is 16.6 Å². The zero-order valence-corrected chi connectivity index (χ0v) is 13.2. The standard InChI is InChI=1S/C17H23N3O3/c1-20-5-4-16-8-12(22)10(18)7-17(16,19)13(20)6-9-2-3-11(21)15(23)14(9)16/h2-3,10,13,21,23H,4-8,18-19H2,1H3. The Labute approximate surface area is 135 Å². The molecular formula is C17H23N3O3. The minimum atomic E-state index is -0.675. The lowest BCUT2D eigenvalue weighted by Gasteiger charge is -2.64. The highest BCUT2D eigenvalue weighted by Crippen LogP contribution is 2.58. The van der Waals surface area contributed by atoms with Crippen molar-refractivity contribution in [3.05, 3.63) is 23.3 Å². The van der Waals surface area contributed by atoms with Gasteiger partial charge < -0.3 is 26.6 Å². The molecule has 4 rings (SSSR count). The maximum Gasteiger partial charge on any atom is 0.161 e. The normalized spacial score (nSPS) is 39.7. The lowest BCUT2D eigenvalue weighted by Crippen LogP contribution is -2.78. The van der Waals surface area contributed by atoms with Crippen molar-refractivity contribution in [2.75, 3.05) is 13.6 Å². The van der Waals surface area contributed by atoms with Crippen molar-refractivity contribution in [2.45, 2.75) is 48.7 Å². The number of nitrogens with two attached hydrogens (primary N) is 2. The molecule has 2 fully saturated rings. The van der Waals surface area contributed by atoms with Gasteiger partial charge in [-0.3, -0.25) is 4.79 Å². The summed E-state index contributed by atoms with van der Waals surface area (Å²) in [6.45, 7) is 0.806. The van der Waals surface area contributed by atoms with Gasteiger partial charge in [0.25, 0.3) is 0 Å². The van der Waals surface area contributed by atoms with E-state index < -0.39 is 17.0 Å². The highest BCUT2D eigenvalue weighted by Gasteiger charge is 2.65. The molecule has 1 heterocycles. The largest absolute Gasteiger partial charge is 0.504 e. The molecule has 6 nitrogen and oxygen atoms in total. The van der Waals surface area contributed by atoms with Gasteiger partial charge in [-0.1, -0.05) is 6.07 Å². The summed E-state index contributed by atoms with van der Waals surface area (Å²) in [5.41, 5.74) is 13.3. The Balaban J connectivity index is 2.02. The first kappa shape index (κ1) is 14.9. The highest BCUT2D eigenvalue weighted by atomic mass is 16.3. The summed E-state index contributed by atoms with van der Waals surface area (Å²) in [5.74, 6) is -0.284. The van der Waals surface area contributed by atoms with Crippen molar-refractivity contribution in [3.63, 3.8) is 0 Å². The molecular weight excluding hydrogens is 294 g/mol. The van der Waals surface area contributed by atoms with Gasteiger partial charge in [0.2, 0.25) is 0 Å². The number of phenols is 2. The first-order chi connectivity index (χ1) is 10.8. The molecule has 1 saturated carbocycles. The predicted molar refractivity (Wildman–Crippen MR) is 85.3 cm³/mol. The second-order valence-electron chi connectivity index (χ2n) is 7.49. The minimum absolute atomic E-state index is 0.00929. The van der Waals surface area contributed by atoms with Crippen molar-refractivity contribution in [1.82, 2.24) is 4.90 Å². The average molecular weight is 317 g/mol. The van der Waals surface area contributed by atoms with Gasteiger partial charge in [-0.25, -0.2) is 0 Å². The van der Waals surface area contributed by atoms with Crippen LogP contribution in [0.15, 0.2) is 12.1 Å². The van der Waals surface area contributed by atoms with Crippen LogP contribution in [0.25, 0.3) is 0 Å². The highest BCUT2D eigenvalue weighted by molar-refractivity contribution is 5.88. The van der Waals surface area contributed by atoms with Gasteiger partial charge in [-0.15, -0.1) is 0 Å². The molecule has 6 heteroatoms. The van der Waals surface area contributed by atoms with Crippen LogP contribution in [-0.4, -0.2) is 52.1 Å². The Morgan fingerprint density at radius 2 is 2.09 bits per heavy atom. The molecule has 1 saturated heterocycles. The fraction of sp³-hybridized carbons (Fsp3) is 0.588. The van der Waals surface area contributed by atoms with Gasteiger partial charge >= 0.3 is 0 Å². The molecule has 124 valence electrons. The van der Waals surface area contributed by atoms with E-state index in [9.17, 15) is 15.0 Å². The molecule has 0 aromatic heterocycles. The number of hydrogen-bond donors (Lipinski definition) is 4. The van der Waals surface area contributed by atoms with Crippen LogP contribution in [0.4, 0.5) is 0 Å². The molecule has 0 spiro atoms. The fourth-order valence-corrected chi connectivity index (χ4v) is 5.28. The summed E-state index contributed by atoms with van der Waals surface area (Å²) in [5, 5.41) is 20.6. The van der Waals surface area contributed by atoms with Crippen LogP contribution in [0.2, 0.25) is 0 Å². The number of nitrogens with zero attached hydrogens (tertiary/aromatic N) is 1. The molecule has 2 aliphatic carbocycles. The van der Waals surface area contributed by atoms with E-state index in [1.807, 2.05) is 6.07 Å². The lowest BCUT2D eigenvalue weighted by molar-refractivity contribution is -0.130. The van der Waals surface area contributed by atoms with Crippen molar-refractivity contribution in [2.24, 2.45) is 11.5 Å². The van der Waals surface area contributed by atoms with Crippen molar-refractivity contribution < 1.29 is 15.0 Å². The van der Waals surface area contributed by atoms with Gasteiger partial charge in [-0.2, -0.15) is 0 Å². The summed E-state index contributed by atoms with van der Waals surface area (Å²) < 4.78 is 0. The van der Waals surface area contributed by atoms with Crippen LogP contribution in [0.5, 0.6) is 11.5 Å². The van der Waals surface area contributed by atoms with Crippen LogP contribution >= 0.6 is 0 Å². The summed E-state index contributed by atoms with van der Waals surface area (Å²) in [6, 6.07) is 2.88. The number of likely N-dealkylation sites (N-methyl/N-ethyl adjacent to an activating group) is 1. The monoisotopic (exact) mass is 317 g/mol. The van der Waals surface area contributed by atoms with Crippen molar-refractivity contribution in [1.29, 1.82) is 0 Å². The third-order valence-corrected chi connectivity index (χ3v) is 6.49. The summed E-state index contributed by atoms with van der Waals surface area (Å²) in [4.78, 5) is 14.7. The molecule has 6 N–H and O–H groups in total. The van der Waals surface area contributed by atoms with Gasteiger partial charge in [-0.05, 0) is 44.5 Å². The maximum atomic E-state index is 12.4. The van der Waals surface area contributed by atoms with Gasteiger partial charge in [0.1, 0.15) is 0 Å². The molecule has 3 aliphatic rings. The number of likely N-dealkylation sites (tertiary alicyclic amines) is 1. The van der Waals surface area contributed by atoms with Crippen LogP contribution in [0, 0.1) is 0 Å². The quantitative estimate of drug-likeness (QED) is 0.500. The van der Waals surface area contributed by atoms with E-state index >= 15 is 0 Å². The number of fused-ring (bicyclic) bond motifs is 1. The second kappa shape index (κ2) is 4.47. The zero-order valence-electron chi connectivity index (χ0n) is 13.2. The third kappa shape index (κ3) is 1.66. The second-order valence-corrected chi connectivity index (χ2v) is 7.49. The number of carbonyl (C=O) groups excluding carboxylic acids is 1. The summed E-state index contributed by atoms with van der Waals surface area (Å²) >= 11 is 0. The van der Waals surface area contributed by atoms with E-state index in [2.05, 4.69) is 11.9 Å². The lowest BCUT2D eigenvalue weighted by atomic mass is 9.47. The van der Waals surface area contributed by atoms with E-state index in [-0.39, 0.29) is 29.7 Å². The third-order valence-electron chi connectivity index (χ3n) is 6.49. The predicted octanol–water partition coefficient (Wildman–Crippen LogP) is -0.0165. The first-order valence-corrected chi connectivity index (χ1v) is 8.12.